The number of carbonyl (C=O) groups is 2. The molecule has 1 saturated heterocycles. The second-order valence-electron chi connectivity index (χ2n) is 6.57. The number of benzene rings is 1. The largest absolute Gasteiger partial charge is 0.342 e. The standard InChI is InChI=1S/C18H24N2O2/c1-14-6-9-19(10-7-14)17(21)12-18(22)20-11-8-15-4-2-3-5-16(15)13-20/h2-5,14H,6-13H2,1H3. The van der Waals surface area contributed by atoms with Crippen molar-refractivity contribution < 1.29 is 9.59 Å². The van der Waals surface area contributed by atoms with Crippen LogP contribution >= 0.6 is 0 Å². The number of likely N-dealkylation sites (tertiary alicyclic amines) is 1. The second kappa shape index (κ2) is 6.51. The highest BCUT2D eigenvalue weighted by Crippen LogP contribution is 2.20. The lowest BCUT2D eigenvalue weighted by Crippen LogP contribution is -2.42. The molecule has 0 bridgehead atoms. The highest BCUT2D eigenvalue weighted by atomic mass is 16.2. The van der Waals surface area contributed by atoms with E-state index in [0.717, 1.165) is 38.9 Å². The molecule has 2 heterocycles. The minimum Gasteiger partial charge on any atom is -0.342 e. The maximum Gasteiger partial charge on any atom is 0.232 e. The van der Waals surface area contributed by atoms with Gasteiger partial charge in [-0.05, 0) is 36.3 Å². The summed E-state index contributed by atoms with van der Waals surface area (Å²) in [6, 6.07) is 8.24. The molecule has 2 aliphatic rings. The molecule has 0 atom stereocenters. The molecule has 1 aromatic carbocycles. The van der Waals surface area contributed by atoms with Gasteiger partial charge in [0.05, 0.1) is 0 Å². The zero-order valence-corrected chi connectivity index (χ0v) is 13.3. The predicted octanol–water partition coefficient (Wildman–Crippen LogP) is 2.22. The first-order valence-electron chi connectivity index (χ1n) is 8.26. The van der Waals surface area contributed by atoms with Crippen molar-refractivity contribution in [1.82, 2.24) is 9.80 Å². The third-order valence-corrected chi connectivity index (χ3v) is 4.92. The summed E-state index contributed by atoms with van der Waals surface area (Å²) in [5.41, 5.74) is 2.53. The number of fused-ring (bicyclic) bond motifs is 1. The molecule has 1 aromatic rings. The molecule has 1 fully saturated rings. The van der Waals surface area contributed by atoms with Gasteiger partial charge >= 0.3 is 0 Å². The third kappa shape index (κ3) is 3.32. The summed E-state index contributed by atoms with van der Waals surface area (Å²) in [6.07, 6.45) is 3.02. The minimum atomic E-state index is -0.0295. The molecule has 0 aliphatic carbocycles. The molecule has 0 radical (unpaired) electrons. The molecule has 2 aliphatic heterocycles. The average molecular weight is 300 g/mol. The van der Waals surface area contributed by atoms with E-state index in [-0.39, 0.29) is 18.2 Å². The van der Waals surface area contributed by atoms with Crippen LogP contribution in [0.3, 0.4) is 0 Å². The van der Waals surface area contributed by atoms with E-state index < -0.39 is 0 Å². The van der Waals surface area contributed by atoms with Gasteiger partial charge in [0, 0.05) is 26.2 Å². The Morgan fingerprint density at radius 3 is 2.36 bits per heavy atom. The topological polar surface area (TPSA) is 40.6 Å². The summed E-state index contributed by atoms with van der Waals surface area (Å²) in [4.78, 5) is 28.4. The van der Waals surface area contributed by atoms with Crippen LogP contribution in [-0.4, -0.2) is 41.2 Å². The van der Waals surface area contributed by atoms with Crippen LogP contribution in [0.15, 0.2) is 24.3 Å². The summed E-state index contributed by atoms with van der Waals surface area (Å²) in [5, 5.41) is 0. The third-order valence-electron chi connectivity index (χ3n) is 4.92. The fourth-order valence-electron chi connectivity index (χ4n) is 3.32. The quantitative estimate of drug-likeness (QED) is 0.786. The zero-order chi connectivity index (χ0) is 15.5. The summed E-state index contributed by atoms with van der Waals surface area (Å²) < 4.78 is 0. The van der Waals surface area contributed by atoms with E-state index in [2.05, 4.69) is 19.1 Å². The van der Waals surface area contributed by atoms with Gasteiger partial charge in [-0.1, -0.05) is 31.2 Å². The molecule has 3 rings (SSSR count). The van der Waals surface area contributed by atoms with Crippen molar-refractivity contribution in [3.05, 3.63) is 35.4 Å². The summed E-state index contributed by atoms with van der Waals surface area (Å²) in [6.45, 7) is 5.18. The highest BCUT2D eigenvalue weighted by molar-refractivity contribution is 5.97. The van der Waals surface area contributed by atoms with Gasteiger partial charge in [0.15, 0.2) is 0 Å². The van der Waals surface area contributed by atoms with Gasteiger partial charge in [0.25, 0.3) is 0 Å². The number of nitrogens with zero attached hydrogens (tertiary/aromatic N) is 2. The Hall–Kier alpha value is -1.84. The van der Waals surface area contributed by atoms with E-state index in [1.54, 1.807) is 0 Å². The number of piperidine rings is 1. The number of carbonyl (C=O) groups excluding carboxylic acids is 2. The van der Waals surface area contributed by atoms with E-state index >= 15 is 0 Å². The van der Waals surface area contributed by atoms with Crippen LogP contribution in [0.5, 0.6) is 0 Å². The SMILES string of the molecule is CC1CCN(C(=O)CC(=O)N2CCc3ccccc3C2)CC1. The van der Waals surface area contributed by atoms with Crippen LogP contribution in [0.25, 0.3) is 0 Å². The number of hydrogen-bond acceptors (Lipinski definition) is 2. The van der Waals surface area contributed by atoms with E-state index in [4.69, 9.17) is 0 Å². The summed E-state index contributed by atoms with van der Waals surface area (Å²) >= 11 is 0. The molecule has 22 heavy (non-hydrogen) atoms. The summed E-state index contributed by atoms with van der Waals surface area (Å²) in [5.74, 6) is 0.659. The Bertz CT molecular complexity index is 562. The number of amides is 2. The maximum absolute atomic E-state index is 12.4. The molecular weight excluding hydrogens is 276 g/mol. The molecule has 4 nitrogen and oxygen atoms in total. The molecule has 2 amide bonds. The predicted molar refractivity (Wildman–Crippen MR) is 85.2 cm³/mol. The molecule has 4 heteroatoms. The molecule has 0 unspecified atom stereocenters. The van der Waals surface area contributed by atoms with Gasteiger partial charge in [-0.15, -0.1) is 0 Å². The second-order valence-corrected chi connectivity index (χ2v) is 6.57. The van der Waals surface area contributed by atoms with Crippen molar-refractivity contribution in [2.24, 2.45) is 5.92 Å². The van der Waals surface area contributed by atoms with E-state index in [1.165, 1.54) is 11.1 Å². The molecule has 118 valence electrons. The minimum absolute atomic E-state index is 0.00393. The number of rotatable bonds is 2. The Kier molecular flexibility index (Phi) is 4.46. The number of hydrogen-bond donors (Lipinski definition) is 0. The van der Waals surface area contributed by atoms with Gasteiger partial charge in [-0.2, -0.15) is 0 Å². The Morgan fingerprint density at radius 1 is 1.00 bits per heavy atom. The zero-order valence-electron chi connectivity index (χ0n) is 13.3. The molecule has 0 N–H and O–H groups in total. The van der Waals surface area contributed by atoms with E-state index in [1.807, 2.05) is 21.9 Å². The Morgan fingerprint density at radius 2 is 1.64 bits per heavy atom. The normalized spacial score (nSPS) is 19.0. The summed E-state index contributed by atoms with van der Waals surface area (Å²) in [7, 11) is 0. The first kappa shape index (κ1) is 15.1. The van der Waals surface area contributed by atoms with Crippen molar-refractivity contribution in [2.75, 3.05) is 19.6 Å². The first-order valence-corrected chi connectivity index (χ1v) is 8.26. The van der Waals surface area contributed by atoms with Gasteiger partial charge in [0.1, 0.15) is 6.42 Å². The van der Waals surface area contributed by atoms with Gasteiger partial charge in [0.2, 0.25) is 11.8 Å². The van der Waals surface area contributed by atoms with Crippen molar-refractivity contribution >= 4 is 11.8 Å². The molecule has 0 aromatic heterocycles. The molecule has 0 spiro atoms. The van der Waals surface area contributed by atoms with Crippen molar-refractivity contribution in [1.29, 1.82) is 0 Å². The van der Waals surface area contributed by atoms with Crippen molar-refractivity contribution in [2.45, 2.75) is 39.2 Å². The van der Waals surface area contributed by atoms with Crippen LogP contribution < -0.4 is 0 Å². The van der Waals surface area contributed by atoms with Crippen LogP contribution in [0.2, 0.25) is 0 Å². The van der Waals surface area contributed by atoms with Crippen LogP contribution in [0.1, 0.15) is 37.3 Å². The maximum atomic E-state index is 12.4. The first-order chi connectivity index (χ1) is 10.6. The van der Waals surface area contributed by atoms with Crippen molar-refractivity contribution in [3.8, 4) is 0 Å². The van der Waals surface area contributed by atoms with Crippen LogP contribution in [0, 0.1) is 5.92 Å². The molecule has 0 saturated carbocycles. The fourth-order valence-corrected chi connectivity index (χ4v) is 3.32. The average Bonchev–Trinajstić information content (AvgIpc) is 2.55. The monoisotopic (exact) mass is 300 g/mol. The van der Waals surface area contributed by atoms with Gasteiger partial charge in [-0.25, -0.2) is 0 Å². The lowest BCUT2D eigenvalue weighted by atomic mass is 9.98. The highest BCUT2D eigenvalue weighted by Gasteiger charge is 2.26. The lowest BCUT2D eigenvalue weighted by Gasteiger charge is -2.32. The Balaban J connectivity index is 1.55. The van der Waals surface area contributed by atoms with Crippen molar-refractivity contribution in [3.63, 3.8) is 0 Å². The lowest BCUT2D eigenvalue weighted by molar-refractivity contribution is -0.141. The fraction of sp³-hybridized carbons (Fsp3) is 0.556. The molecular formula is C18H24N2O2. The van der Waals surface area contributed by atoms with Crippen LogP contribution in [0.4, 0.5) is 0 Å². The smallest absolute Gasteiger partial charge is 0.232 e. The van der Waals surface area contributed by atoms with E-state index in [9.17, 15) is 9.59 Å². The van der Waals surface area contributed by atoms with Gasteiger partial charge < -0.3 is 9.80 Å². The van der Waals surface area contributed by atoms with Gasteiger partial charge in [-0.3, -0.25) is 9.59 Å². The van der Waals surface area contributed by atoms with E-state index in [0.29, 0.717) is 12.5 Å². The Labute approximate surface area is 132 Å². The van der Waals surface area contributed by atoms with Crippen LogP contribution in [-0.2, 0) is 22.6 Å².